The SMILES string of the molecule is O=C(COc1ccnc2c1CCCC2)Nc1ccc(F)cc1F. The van der Waals surface area contributed by atoms with Crippen molar-refractivity contribution in [1.82, 2.24) is 4.98 Å². The zero-order valence-corrected chi connectivity index (χ0v) is 12.4. The molecule has 0 bridgehead atoms. The van der Waals surface area contributed by atoms with Crippen molar-refractivity contribution < 1.29 is 18.3 Å². The zero-order valence-electron chi connectivity index (χ0n) is 12.4. The molecule has 1 aromatic carbocycles. The predicted octanol–water partition coefficient (Wildman–Crippen LogP) is 3.26. The van der Waals surface area contributed by atoms with Crippen LogP contribution in [0, 0.1) is 11.6 Å². The summed E-state index contributed by atoms with van der Waals surface area (Å²) in [7, 11) is 0. The lowest BCUT2D eigenvalue weighted by atomic mass is 9.95. The minimum atomic E-state index is -0.820. The number of aryl methyl sites for hydroxylation is 1. The molecule has 4 nitrogen and oxygen atoms in total. The number of amides is 1. The molecule has 6 heteroatoms. The Labute approximate surface area is 132 Å². The van der Waals surface area contributed by atoms with E-state index in [1.807, 2.05) is 0 Å². The van der Waals surface area contributed by atoms with Crippen molar-refractivity contribution in [3.63, 3.8) is 0 Å². The average Bonchev–Trinajstić information content (AvgIpc) is 2.55. The smallest absolute Gasteiger partial charge is 0.262 e. The van der Waals surface area contributed by atoms with Crippen molar-refractivity contribution >= 4 is 11.6 Å². The maximum atomic E-state index is 13.5. The van der Waals surface area contributed by atoms with Crippen molar-refractivity contribution in [3.8, 4) is 5.75 Å². The normalized spacial score (nSPS) is 13.3. The van der Waals surface area contributed by atoms with E-state index in [0.29, 0.717) is 5.75 Å². The van der Waals surface area contributed by atoms with Crippen LogP contribution >= 0.6 is 0 Å². The topological polar surface area (TPSA) is 51.2 Å². The number of carbonyl (C=O) groups is 1. The first-order valence-corrected chi connectivity index (χ1v) is 7.48. The van der Waals surface area contributed by atoms with Gasteiger partial charge in [-0.25, -0.2) is 8.78 Å². The van der Waals surface area contributed by atoms with Gasteiger partial charge < -0.3 is 10.1 Å². The molecule has 1 aliphatic rings. The number of hydrogen-bond acceptors (Lipinski definition) is 3. The molecule has 1 N–H and O–H groups in total. The Morgan fingerprint density at radius 1 is 1.22 bits per heavy atom. The van der Waals surface area contributed by atoms with Gasteiger partial charge in [-0.15, -0.1) is 0 Å². The lowest BCUT2D eigenvalue weighted by Gasteiger charge is -2.18. The summed E-state index contributed by atoms with van der Waals surface area (Å²) in [5, 5.41) is 2.37. The van der Waals surface area contributed by atoms with Gasteiger partial charge in [0, 0.05) is 23.5 Å². The molecule has 0 atom stereocenters. The molecule has 1 heterocycles. The summed E-state index contributed by atoms with van der Waals surface area (Å²) in [6, 6.07) is 4.71. The molecule has 0 spiro atoms. The number of rotatable bonds is 4. The molecule has 0 radical (unpaired) electrons. The van der Waals surface area contributed by atoms with E-state index in [9.17, 15) is 13.6 Å². The van der Waals surface area contributed by atoms with E-state index in [1.165, 1.54) is 6.07 Å². The summed E-state index contributed by atoms with van der Waals surface area (Å²) in [6.07, 6.45) is 5.64. The predicted molar refractivity (Wildman–Crippen MR) is 81.4 cm³/mol. The van der Waals surface area contributed by atoms with Gasteiger partial charge in [-0.3, -0.25) is 9.78 Å². The third-order valence-corrected chi connectivity index (χ3v) is 3.76. The summed E-state index contributed by atoms with van der Waals surface area (Å²) in [6.45, 7) is -0.243. The number of halogens is 2. The number of carbonyl (C=O) groups excluding carboxylic acids is 1. The highest BCUT2D eigenvalue weighted by Gasteiger charge is 2.16. The van der Waals surface area contributed by atoms with Crippen LogP contribution in [0.15, 0.2) is 30.5 Å². The van der Waals surface area contributed by atoms with E-state index in [4.69, 9.17) is 4.74 Å². The molecule has 23 heavy (non-hydrogen) atoms. The molecule has 0 aliphatic heterocycles. The number of ether oxygens (including phenoxy) is 1. The fourth-order valence-electron chi connectivity index (χ4n) is 2.65. The number of aromatic nitrogens is 1. The van der Waals surface area contributed by atoms with Crippen LogP contribution < -0.4 is 10.1 Å². The highest BCUT2D eigenvalue weighted by Crippen LogP contribution is 2.27. The molecular weight excluding hydrogens is 302 g/mol. The lowest BCUT2D eigenvalue weighted by Crippen LogP contribution is -2.21. The second kappa shape index (κ2) is 6.73. The second-order valence-corrected chi connectivity index (χ2v) is 5.40. The van der Waals surface area contributed by atoms with Crippen LogP contribution in [0.1, 0.15) is 24.1 Å². The molecule has 3 rings (SSSR count). The number of nitrogens with zero attached hydrogens (tertiary/aromatic N) is 1. The molecule has 0 saturated heterocycles. The molecular formula is C17H16F2N2O2. The molecule has 0 saturated carbocycles. The third kappa shape index (κ3) is 3.64. The van der Waals surface area contributed by atoms with E-state index in [2.05, 4.69) is 10.3 Å². The van der Waals surface area contributed by atoms with Crippen LogP contribution in [0.5, 0.6) is 5.75 Å². The Hall–Kier alpha value is -2.50. The largest absolute Gasteiger partial charge is 0.483 e. The number of fused-ring (bicyclic) bond motifs is 1. The Kier molecular flexibility index (Phi) is 4.50. The maximum Gasteiger partial charge on any atom is 0.262 e. The molecule has 1 aromatic heterocycles. The Morgan fingerprint density at radius 3 is 2.87 bits per heavy atom. The van der Waals surface area contributed by atoms with Gasteiger partial charge >= 0.3 is 0 Å². The minimum absolute atomic E-state index is 0.0724. The molecule has 0 unspecified atom stereocenters. The third-order valence-electron chi connectivity index (χ3n) is 3.76. The lowest BCUT2D eigenvalue weighted by molar-refractivity contribution is -0.118. The second-order valence-electron chi connectivity index (χ2n) is 5.40. The number of hydrogen-bond donors (Lipinski definition) is 1. The van der Waals surface area contributed by atoms with Crippen molar-refractivity contribution in [2.24, 2.45) is 0 Å². The average molecular weight is 318 g/mol. The van der Waals surface area contributed by atoms with Crippen LogP contribution in [0.3, 0.4) is 0 Å². The fraction of sp³-hybridized carbons (Fsp3) is 0.294. The minimum Gasteiger partial charge on any atom is -0.483 e. The first-order chi connectivity index (χ1) is 11.1. The van der Waals surface area contributed by atoms with E-state index < -0.39 is 17.5 Å². The number of pyridine rings is 1. The van der Waals surface area contributed by atoms with Crippen LogP contribution in [0.2, 0.25) is 0 Å². The van der Waals surface area contributed by atoms with Crippen LogP contribution in [-0.4, -0.2) is 17.5 Å². The molecule has 1 amide bonds. The van der Waals surface area contributed by atoms with Gasteiger partial charge in [0.05, 0.1) is 5.69 Å². The van der Waals surface area contributed by atoms with Crippen molar-refractivity contribution in [1.29, 1.82) is 0 Å². The number of anilines is 1. The Bertz CT molecular complexity index is 735. The summed E-state index contributed by atoms with van der Waals surface area (Å²) in [5.41, 5.74) is 1.98. The van der Waals surface area contributed by atoms with Gasteiger partial charge in [0.1, 0.15) is 17.4 Å². The van der Waals surface area contributed by atoms with E-state index >= 15 is 0 Å². The van der Waals surface area contributed by atoms with Gasteiger partial charge in [-0.1, -0.05) is 0 Å². The Balaban J connectivity index is 1.63. The van der Waals surface area contributed by atoms with Gasteiger partial charge in [0.25, 0.3) is 5.91 Å². The monoisotopic (exact) mass is 318 g/mol. The maximum absolute atomic E-state index is 13.5. The summed E-state index contributed by atoms with van der Waals surface area (Å²) >= 11 is 0. The van der Waals surface area contributed by atoms with Crippen molar-refractivity contribution in [2.75, 3.05) is 11.9 Å². The Morgan fingerprint density at radius 2 is 2.04 bits per heavy atom. The van der Waals surface area contributed by atoms with Crippen molar-refractivity contribution in [3.05, 3.63) is 53.4 Å². The van der Waals surface area contributed by atoms with Gasteiger partial charge in [-0.05, 0) is 43.9 Å². The molecule has 0 fully saturated rings. The number of nitrogens with one attached hydrogen (secondary N) is 1. The van der Waals surface area contributed by atoms with Crippen LogP contribution in [-0.2, 0) is 17.6 Å². The summed E-state index contributed by atoms with van der Waals surface area (Å²) in [4.78, 5) is 16.2. The van der Waals surface area contributed by atoms with Gasteiger partial charge in [0.2, 0.25) is 0 Å². The highest BCUT2D eigenvalue weighted by atomic mass is 19.1. The molecule has 120 valence electrons. The standard InChI is InChI=1S/C17H16F2N2O2/c18-11-5-6-15(13(19)9-11)21-17(22)10-23-16-7-8-20-14-4-2-1-3-12(14)16/h5-9H,1-4,10H2,(H,21,22). The van der Waals surface area contributed by atoms with Gasteiger partial charge in [-0.2, -0.15) is 0 Å². The highest BCUT2D eigenvalue weighted by molar-refractivity contribution is 5.92. The van der Waals surface area contributed by atoms with Gasteiger partial charge in [0.15, 0.2) is 6.61 Å². The first-order valence-electron chi connectivity index (χ1n) is 7.48. The van der Waals surface area contributed by atoms with Crippen LogP contribution in [0.4, 0.5) is 14.5 Å². The zero-order chi connectivity index (χ0) is 16.2. The summed E-state index contributed by atoms with van der Waals surface area (Å²) in [5.74, 6) is -1.37. The quantitative estimate of drug-likeness (QED) is 0.941. The fourth-order valence-corrected chi connectivity index (χ4v) is 2.65. The summed E-state index contributed by atoms with van der Waals surface area (Å²) < 4.78 is 31.9. The molecule has 1 aliphatic carbocycles. The van der Waals surface area contributed by atoms with Crippen LogP contribution in [0.25, 0.3) is 0 Å². The van der Waals surface area contributed by atoms with E-state index in [1.54, 1.807) is 12.3 Å². The first kappa shape index (κ1) is 15.4. The van der Waals surface area contributed by atoms with E-state index in [0.717, 1.165) is 49.1 Å². The van der Waals surface area contributed by atoms with E-state index in [-0.39, 0.29) is 12.3 Å². The molecule has 2 aromatic rings. The number of benzene rings is 1. The van der Waals surface area contributed by atoms with Crippen molar-refractivity contribution in [2.45, 2.75) is 25.7 Å².